The van der Waals surface area contributed by atoms with Crippen LogP contribution >= 0.6 is 0 Å². The molecule has 15 aliphatic rings. The molecule has 126 heavy (non-hydrogen) atoms. The summed E-state index contributed by atoms with van der Waals surface area (Å²) >= 11 is 0. The van der Waals surface area contributed by atoms with Crippen LogP contribution in [-0.4, -0.2) is 119 Å². The third-order valence-electron chi connectivity index (χ3n) is 33.1. The molecule has 20 heteroatoms. The molecule has 0 spiro atoms. The second-order valence-corrected chi connectivity index (χ2v) is 42.9. The Kier molecular flexibility index (Phi) is 43.4. The highest BCUT2D eigenvalue weighted by Crippen LogP contribution is 2.71. The summed E-state index contributed by atoms with van der Waals surface area (Å²) in [6.07, 6.45) is 33.7. The molecule has 20 nitrogen and oxygen atoms in total. The number of esters is 10. The van der Waals surface area contributed by atoms with E-state index in [0.717, 1.165) is 117 Å². The average Bonchev–Trinajstić information content (AvgIpc) is 1.54. The number of carbonyl (C=O) groups is 10. The van der Waals surface area contributed by atoms with Crippen molar-refractivity contribution in [2.45, 2.75) is 474 Å². The number of fused-ring (bicyclic) bond motifs is 11. The fourth-order valence-corrected chi connectivity index (χ4v) is 23.5. The van der Waals surface area contributed by atoms with Crippen LogP contribution in [0.15, 0.2) is 0 Å². The normalized spacial score (nSPS) is 31.9. The number of hydrogen-bond donors (Lipinski definition) is 0. The Balaban J connectivity index is 0.000000323. The van der Waals surface area contributed by atoms with Crippen LogP contribution in [0.2, 0.25) is 0 Å². The Labute approximate surface area is 766 Å². The van der Waals surface area contributed by atoms with Crippen LogP contribution in [0.5, 0.6) is 0 Å². The SMILES string of the molecule is CC.CC.CC.CC.CC.CCC(C)(C)C(=O)OC(C)(C)C(=O)OC1(C)C2CC3CC(C2)CC1C3.CCC(C)(C)C(=O)OC(C)C(=O)OC1(C)C2CC3CC(C2)CC1C3.CCC(C)(C)C(=O)OCC(=O)OC1(CC)CC2CC1C1C3CCC(C3)C21.CCC(C)(C)C(=O)OCC(=O)OC1(CC)CC2CCC1C2.CCC1(OC(=O)COC(=O)C(C)(C)CC)CCCCC1. The molecular weight excluding hydrogens is 1590 g/mol. The van der Waals surface area contributed by atoms with Crippen LogP contribution < -0.4 is 0 Å². The quantitative estimate of drug-likeness (QED) is 0.0400. The summed E-state index contributed by atoms with van der Waals surface area (Å²) in [5.74, 6) is 7.56. The first-order valence-electron chi connectivity index (χ1n) is 51.2. The van der Waals surface area contributed by atoms with Crippen molar-refractivity contribution in [2.75, 3.05) is 19.8 Å². The molecule has 11 unspecified atom stereocenters. The van der Waals surface area contributed by atoms with Gasteiger partial charge in [0.05, 0.1) is 27.1 Å². The number of rotatable bonds is 28. The van der Waals surface area contributed by atoms with Gasteiger partial charge in [-0.3, -0.25) is 24.0 Å². The van der Waals surface area contributed by atoms with Crippen molar-refractivity contribution < 1.29 is 95.3 Å². The first-order valence-corrected chi connectivity index (χ1v) is 51.2. The molecule has 0 heterocycles. The third kappa shape index (κ3) is 27.2. The van der Waals surface area contributed by atoms with Crippen LogP contribution in [0.1, 0.15) is 434 Å². The van der Waals surface area contributed by atoms with Gasteiger partial charge in [-0.15, -0.1) is 0 Å². The fourth-order valence-electron chi connectivity index (χ4n) is 23.5. The van der Waals surface area contributed by atoms with E-state index in [0.29, 0.717) is 73.5 Å². The highest BCUT2D eigenvalue weighted by atomic mass is 16.6. The van der Waals surface area contributed by atoms with E-state index < -0.39 is 62.3 Å². The highest BCUT2D eigenvalue weighted by Gasteiger charge is 2.68. The van der Waals surface area contributed by atoms with Gasteiger partial charge in [-0.2, -0.15) is 0 Å². The molecule has 15 saturated carbocycles. The molecule has 0 N–H and O–H groups in total. The van der Waals surface area contributed by atoms with Gasteiger partial charge in [-0.25, -0.2) is 24.0 Å². The van der Waals surface area contributed by atoms with Crippen molar-refractivity contribution in [3.63, 3.8) is 0 Å². The Hall–Kier alpha value is -5.30. The lowest BCUT2D eigenvalue weighted by atomic mass is 9.50. The van der Waals surface area contributed by atoms with E-state index in [4.69, 9.17) is 47.4 Å². The second kappa shape index (κ2) is 48.4. The van der Waals surface area contributed by atoms with Crippen LogP contribution in [-0.2, 0) is 95.3 Å². The maximum Gasteiger partial charge on any atom is 0.350 e. The molecule has 0 aliphatic heterocycles. The molecule has 15 aliphatic carbocycles. The van der Waals surface area contributed by atoms with Gasteiger partial charge in [-0.1, -0.05) is 131 Å². The lowest BCUT2D eigenvalue weighted by Gasteiger charge is -2.59. The van der Waals surface area contributed by atoms with E-state index in [1.54, 1.807) is 20.8 Å². The summed E-state index contributed by atoms with van der Waals surface area (Å²) in [6, 6.07) is 0. The molecule has 15 rings (SSSR count). The molecule has 0 amide bonds. The van der Waals surface area contributed by atoms with Crippen LogP contribution in [0.4, 0.5) is 0 Å². The van der Waals surface area contributed by atoms with Crippen LogP contribution in [0, 0.1) is 122 Å². The first kappa shape index (κ1) is 113. The molecule has 11 atom stereocenters. The zero-order chi connectivity index (χ0) is 95.9. The monoisotopic (exact) mass is 1780 g/mol. The molecule has 730 valence electrons. The van der Waals surface area contributed by atoms with Gasteiger partial charge in [0.15, 0.2) is 25.9 Å². The largest absolute Gasteiger partial charge is 0.457 e. The van der Waals surface area contributed by atoms with Crippen molar-refractivity contribution >= 4 is 59.7 Å². The van der Waals surface area contributed by atoms with Crippen LogP contribution in [0.3, 0.4) is 0 Å². The minimum absolute atomic E-state index is 0.248. The standard InChI is InChI=1S/C22H34O4.C21H34O4.C20H32O4.C17H28O4.C16H28O4.5C2H6/c1-5-21(3,4)20(24)25-12-17(23)26-22(6-2)11-15-10-16(22)19-14-8-7-13(9-14)18(15)19;1-7-19(2,3)17(22)24-20(4,5)18(23)25-21(6)15-9-13-8-14(11-15)12-16(21)10-13;1-6-19(3,4)18(22)23-12(2)17(21)24-20(5)15-8-13-7-14(10-15)11-16(20)9-13;1-5-16(3,4)15(19)20-11-14(18)21-17(6-2)10-12-7-8-13(17)9-12;1-5-15(3,4)14(18)19-12-13(17)20-16(6-2)10-8-7-9-11-16;5*1-2/h13-16,18-19H,5-12H2,1-4H3;13-16H,7-12H2,1-6H3;12-16H,6-11H2,1-5H3;12-13H,5-11H2,1-4H3;5-12H2,1-4H3;5*1-2H3. The zero-order valence-corrected chi connectivity index (χ0v) is 86.2. The zero-order valence-electron chi connectivity index (χ0n) is 86.2. The van der Waals surface area contributed by atoms with Crippen molar-refractivity contribution in [3.8, 4) is 0 Å². The second-order valence-electron chi connectivity index (χ2n) is 42.9. The summed E-state index contributed by atoms with van der Waals surface area (Å²) < 4.78 is 56.0. The van der Waals surface area contributed by atoms with Gasteiger partial charge in [0.1, 0.15) is 28.0 Å². The highest BCUT2D eigenvalue weighted by molar-refractivity contribution is 5.85. The molecule has 0 radical (unpaired) electrons. The third-order valence-corrected chi connectivity index (χ3v) is 33.1. The molecule has 0 aromatic heterocycles. The van der Waals surface area contributed by atoms with Crippen molar-refractivity contribution in [1.29, 1.82) is 0 Å². The fraction of sp³-hybridized carbons (Fsp3) is 0.906. The molecule has 0 aromatic carbocycles. The van der Waals surface area contributed by atoms with Gasteiger partial charge in [0, 0.05) is 5.92 Å². The predicted molar refractivity (Wildman–Crippen MR) is 499 cm³/mol. The summed E-state index contributed by atoms with van der Waals surface area (Å²) in [6.45, 7) is 62.7. The average molecular weight is 1780 g/mol. The number of ether oxygens (including phenoxy) is 10. The molecule has 15 fully saturated rings. The van der Waals surface area contributed by atoms with Gasteiger partial charge in [-0.05, 0) is 392 Å². The van der Waals surface area contributed by atoms with E-state index in [-0.39, 0.29) is 84.0 Å². The molecule has 14 bridgehead atoms. The van der Waals surface area contributed by atoms with Crippen molar-refractivity contribution in [1.82, 2.24) is 0 Å². The Bertz CT molecular complexity index is 3400. The summed E-state index contributed by atoms with van der Waals surface area (Å²) in [5.41, 5.74) is -5.75. The smallest absolute Gasteiger partial charge is 0.350 e. The van der Waals surface area contributed by atoms with Crippen LogP contribution in [0.25, 0.3) is 0 Å². The maximum absolute atomic E-state index is 12.9. The summed E-state index contributed by atoms with van der Waals surface area (Å²) in [7, 11) is 0. The predicted octanol–water partition coefficient (Wildman–Crippen LogP) is 25.2. The minimum atomic E-state index is -1.25. The lowest BCUT2D eigenvalue weighted by Crippen LogP contribution is -2.59. The minimum Gasteiger partial charge on any atom is -0.457 e. The van der Waals surface area contributed by atoms with E-state index in [1.807, 2.05) is 180 Å². The van der Waals surface area contributed by atoms with Gasteiger partial charge >= 0.3 is 59.7 Å². The molecule has 0 aromatic rings. The van der Waals surface area contributed by atoms with E-state index in [1.165, 1.54) is 109 Å². The lowest BCUT2D eigenvalue weighted by molar-refractivity contribution is -0.221. The topological polar surface area (TPSA) is 263 Å². The molecular formula is C106H186O20. The number of hydrogen-bond acceptors (Lipinski definition) is 20. The summed E-state index contributed by atoms with van der Waals surface area (Å²) in [5, 5.41) is 0. The molecule has 0 saturated heterocycles. The maximum atomic E-state index is 12.9. The summed E-state index contributed by atoms with van der Waals surface area (Å²) in [4.78, 5) is 122. The van der Waals surface area contributed by atoms with Crippen molar-refractivity contribution in [2.24, 2.45) is 122 Å². The van der Waals surface area contributed by atoms with E-state index in [9.17, 15) is 47.9 Å². The Morgan fingerprint density at radius 2 is 0.690 bits per heavy atom. The first-order chi connectivity index (χ1) is 59.1. The van der Waals surface area contributed by atoms with Crippen molar-refractivity contribution in [3.05, 3.63) is 0 Å². The van der Waals surface area contributed by atoms with Gasteiger partial charge < -0.3 is 47.4 Å². The Morgan fingerprint density at radius 1 is 0.333 bits per heavy atom. The van der Waals surface area contributed by atoms with E-state index >= 15 is 0 Å². The van der Waals surface area contributed by atoms with Gasteiger partial charge in [0.25, 0.3) is 0 Å². The Morgan fingerprint density at radius 3 is 1.06 bits per heavy atom. The van der Waals surface area contributed by atoms with Gasteiger partial charge in [0.2, 0.25) is 5.60 Å². The van der Waals surface area contributed by atoms with E-state index in [2.05, 4.69) is 27.7 Å². The number of carbonyl (C=O) groups excluding carboxylic acids is 10.